The zero-order valence-corrected chi connectivity index (χ0v) is 7.27. The normalized spacial score (nSPS) is 9.73. The molecule has 0 unspecified atom stereocenters. The van der Waals surface area contributed by atoms with Crippen LogP contribution in [0.4, 0.5) is 5.69 Å². The summed E-state index contributed by atoms with van der Waals surface area (Å²) in [6, 6.07) is 4.88. The van der Waals surface area contributed by atoms with Gasteiger partial charge in [-0.1, -0.05) is 0 Å². The van der Waals surface area contributed by atoms with Crippen molar-refractivity contribution < 1.29 is 29.7 Å². The topological polar surface area (TPSA) is 111 Å². The van der Waals surface area contributed by atoms with E-state index in [0.717, 1.165) is 0 Å². The van der Waals surface area contributed by atoms with Gasteiger partial charge in [-0.05, 0) is 12.1 Å². The predicted molar refractivity (Wildman–Crippen MR) is 46.5 cm³/mol. The molecule has 9 heteroatoms. The third-order valence-corrected chi connectivity index (χ3v) is 1.36. The standard InChI is InChI=1S/C6H6BNO7/c9-7(14-12)15-13-6-3-1-5(2-4-6)8(10)11/h1-4,9,12H. The third kappa shape index (κ3) is 3.52. The van der Waals surface area contributed by atoms with Gasteiger partial charge >= 0.3 is 7.32 Å². The lowest BCUT2D eigenvalue weighted by atomic mass is 10.3. The molecule has 0 aliphatic heterocycles. The second kappa shape index (κ2) is 5.27. The van der Waals surface area contributed by atoms with Crippen LogP contribution in [0.1, 0.15) is 0 Å². The van der Waals surface area contributed by atoms with E-state index in [4.69, 9.17) is 10.3 Å². The SMILES string of the molecule is O=[N+]([O-])c1ccc(OOB(O)OO)cc1. The molecular formula is C6H6BNO7. The highest BCUT2D eigenvalue weighted by molar-refractivity contribution is 6.33. The molecule has 0 spiro atoms. The largest absolute Gasteiger partial charge is 0.703 e. The third-order valence-electron chi connectivity index (χ3n) is 1.36. The summed E-state index contributed by atoms with van der Waals surface area (Å²) in [7, 11) is -1.94. The van der Waals surface area contributed by atoms with E-state index >= 15 is 0 Å². The molecule has 2 N–H and O–H groups in total. The van der Waals surface area contributed by atoms with Gasteiger partial charge < -0.3 is 9.91 Å². The smallest absolute Gasteiger partial charge is 0.398 e. The average Bonchev–Trinajstić information content (AvgIpc) is 2.26. The van der Waals surface area contributed by atoms with Gasteiger partial charge in [0, 0.05) is 12.1 Å². The number of nitrogens with zero attached hydrogens (tertiary/aromatic N) is 1. The summed E-state index contributed by atoms with van der Waals surface area (Å²) < 4.78 is 0. The Kier molecular flexibility index (Phi) is 4.00. The van der Waals surface area contributed by atoms with Gasteiger partial charge in [0.05, 0.1) is 4.92 Å². The Hall–Kier alpha value is -1.68. The molecule has 0 bridgehead atoms. The predicted octanol–water partition coefficient (Wildman–Crippen LogP) is 0.372. The van der Waals surface area contributed by atoms with Crippen LogP contribution in [0.5, 0.6) is 5.75 Å². The zero-order chi connectivity index (χ0) is 11.3. The number of benzene rings is 1. The van der Waals surface area contributed by atoms with E-state index in [1.807, 2.05) is 0 Å². The molecule has 1 rings (SSSR count). The molecule has 0 atom stereocenters. The first kappa shape index (κ1) is 11.4. The first-order valence-electron chi connectivity index (χ1n) is 3.69. The number of hydrogen-bond donors (Lipinski definition) is 2. The molecule has 0 heterocycles. The van der Waals surface area contributed by atoms with E-state index in [-0.39, 0.29) is 11.4 Å². The van der Waals surface area contributed by atoms with Gasteiger partial charge in [0.25, 0.3) is 5.69 Å². The van der Waals surface area contributed by atoms with Crippen molar-refractivity contribution in [2.75, 3.05) is 0 Å². The second-order valence-electron chi connectivity index (χ2n) is 2.34. The zero-order valence-electron chi connectivity index (χ0n) is 7.27. The van der Waals surface area contributed by atoms with Crippen molar-refractivity contribution in [3.8, 4) is 5.75 Å². The van der Waals surface area contributed by atoms with Crippen LogP contribution in [0.15, 0.2) is 24.3 Å². The van der Waals surface area contributed by atoms with Gasteiger partial charge in [0.15, 0.2) is 5.75 Å². The highest BCUT2D eigenvalue weighted by Crippen LogP contribution is 2.17. The Bertz CT molecular complexity index is 329. The molecule has 0 radical (unpaired) electrons. The van der Waals surface area contributed by atoms with Crippen molar-refractivity contribution in [1.82, 2.24) is 0 Å². The van der Waals surface area contributed by atoms with Crippen LogP contribution < -0.4 is 4.89 Å². The number of rotatable bonds is 5. The van der Waals surface area contributed by atoms with Gasteiger partial charge in [0.2, 0.25) is 0 Å². The Morgan fingerprint density at radius 3 is 2.40 bits per heavy atom. The Morgan fingerprint density at radius 1 is 1.33 bits per heavy atom. The molecule has 0 saturated heterocycles. The quantitative estimate of drug-likeness (QED) is 0.315. The summed E-state index contributed by atoms with van der Waals surface area (Å²) >= 11 is 0. The number of non-ortho nitro benzene ring substituents is 1. The first-order chi connectivity index (χ1) is 7.13. The van der Waals surface area contributed by atoms with Crippen LogP contribution >= 0.6 is 0 Å². The summed E-state index contributed by atoms with van der Waals surface area (Å²) in [5, 5.41) is 26.7. The minimum Gasteiger partial charge on any atom is -0.398 e. The van der Waals surface area contributed by atoms with Gasteiger partial charge in [-0.2, -0.15) is 4.81 Å². The van der Waals surface area contributed by atoms with Crippen LogP contribution in [0.25, 0.3) is 0 Å². The molecule has 15 heavy (non-hydrogen) atoms. The van der Waals surface area contributed by atoms with Crippen molar-refractivity contribution in [3.05, 3.63) is 34.4 Å². The van der Waals surface area contributed by atoms with Crippen LogP contribution in [-0.4, -0.2) is 22.5 Å². The fraction of sp³-hybridized carbons (Fsp3) is 0. The minimum atomic E-state index is -1.94. The van der Waals surface area contributed by atoms with Crippen molar-refractivity contribution >= 4 is 13.0 Å². The second-order valence-corrected chi connectivity index (χ2v) is 2.34. The summed E-state index contributed by atoms with van der Waals surface area (Å²) in [5.41, 5.74) is -0.110. The van der Waals surface area contributed by atoms with E-state index in [9.17, 15) is 10.1 Å². The highest BCUT2D eigenvalue weighted by Gasteiger charge is 2.18. The van der Waals surface area contributed by atoms with Gasteiger partial charge in [-0.25, -0.2) is 4.81 Å². The Labute approximate surface area is 83.8 Å². The van der Waals surface area contributed by atoms with Crippen LogP contribution in [0, 0.1) is 10.1 Å². The van der Waals surface area contributed by atoms with E-state index in [0.29, 0.717) is 0 Å². The van der Waals surface area contributed by atoms with Crippen LogP contribution in [-0.2, 0) is 9.61 Å². The summed E-state index contributed by atoms with van der Waals surface area (Å²) in [6.45, 7) is 0. The first-order valence-corrected chi connectivity index (χ1v) is 3.69. The molecule has 0 aliphatic rings. The Balaban J connectivity index is 2.53. The molecule has 8 nitrogen and oxygen atoms in total. The molecular weight excluding hydrogens is 209 g/mol. The lowest BCUT2D eigenvalue weighted by molar-refractivity contribution is -0.384. The monoisotopic (exact) mass is 215 g/mol. The van der Waals surface area contributed by atoms with Crippen molar-refractivity contribution in [1.29, 1.82) is 0 Å². The van der Waals surface area contributed by atoms with Gasteiger partial charge in [-0.15, -0.1) is 0 Å². The van der Waals surface area contributed by atoms with Crippen molar-refractivity contribution in [3.63, 3.8) is 0 Å². The maximum atomic E-state index is 10.3. The fourth-order valence-electron chi connectivity index (χ4n) is 0.738. The maximum Gasteiger partial charge on any atom is 0.703 e. The molecule has 1 aromatic carbocycles. The lowest BCUT2D eigenvalue weighted by Crippen LogP contribution is -2.22. The number of nitro benzene ring substituents is 1. The van der Waals surface area contributed by atoms with E-state index in [2.05, 4.69) is 14.5 Å². The van der Waals surface area contributed by atoms with Gasteiger partial charge in [0.1, 0.15) is 0 Å². The van der Waals surface area contributed by atoms with E-state index in [1.165, 1.54) is 24.3 Å². The Morgan fingerprint density at radius 2 is 1.93 bits per heavy atom. The van der Waals surface area contributed by atoms with Crippen LogP contribution in [0.2, 0.25) is 0 Å². The molecule has 80 valence electrons. The fourth-order valence-corrected chi connectivity index (χ4v) is 0.738. The highest BCUT2D eigenvalue weighted by atomic mass is 17.3. The van der Waals surface area contributed by atoms with Crippen LogP contribution in [0.3, 0.4) is 0 Å². The molecule has 0 fully saturated rings. The number of hydrogen-bond acceptors (Lipinski definition) is 7. The maximum absolute atomic E-state index is 10.3. The molecule has 0 aromatic heterocycles. The molecule has 1 aromatic rings. The molecule has 0 saturated carbocycles. The van der Waals surface area contributed by atoms with E-state index in [1.54, 1.807) is 0 Å². The summed E-state index contributed by atoms with van der Waals surface area (Å²) in [6.07, 6.45) is 0. The lowest BCUT2D eigenvalue weighted by Gasteiger charge is -2.03. The summed E-state index contributed by atoms with van der Waals surface area (Å²) in [4.78, 5) is 21.6. The summed E-state index contributed by atoms with van der Waals surface area (Å²) in [5.74, 6) is 0.108. The average molecular weight is 215 g/mol. The molecule has 0 amide bonds. The van der Waals surface area contributed by atoms with Crippen molar-refractivity contribution in [2.45, 2.75) is 0 Å². The molecule has 0 aliphatic carbocycles. The van der Waals surface area contributed by atoms with Crippen molar-refractivity contribution in [2.24, 2.45) is 0 Å². The number of nitro groups is 1. The van der Waals surface area contributed by atoms with E-state index < -0.39 is 12.2 Å². The van der Waals surface area contributed by atoms with Gasteiger partial charge in [-0.3, -0.25) is 15.4 Å². The minimum absolute atomic E-state index is 0.108.